The Balaban J connectivity index is 1.80. The molecule has 0 amide bonds. The highest BCUT2D eigenvalue weighted by Gasteiger charge is 2.44. The monoisotopic (exact) mass is 558 g/mol. The summed E-state index contributed by atoms with van der Waals surface area (Å²) in [5.41, 5.74) is 6.50. The molecule has 2 unspecified atom stereocenters. The SMILES string of the molecule is Cc1c2c(cc3c1=NC(C)C3(C)C)=C(c1ccc(C(C)C)cc1)c1cc3c(c(S(=O)(=O)O)c1O2)NC(C)C3(C)C. The first-order valence-corrected chi connectivity index (χ1v) is 15.5. The fourth-order valence-electron chi connectivity index (χ4n) is 6.39. The molecule has 0 bridgehead atoms. The topological polar surface area (TPSA) is 88.0 Å². The van der Waals surface area contributed by atoms with Crippen LogP contribution < -0.4 is 20.6 Å². The van der Waals surface area contributed by atoms with E-state index >= 15 is 0 Å². The smallest absolute Gasteiger partial charge is 0.300 e. The van der Waals surface area contributed by atoms with Crippen LogP contribution in [0.5, 0.6) is 11.5 Å². The van der Waals surface area contributed by atoms with Crippen LogP contribution in [-0.2, 0) is 20.9 Å². The summed E-state index contributed by atoms with van der Waals surface area (Å²) in [5.74, 6) is 1.12. The average molecular weight is 559 g/mol. The Morgan fingerprint density at radius 2 is 1.62 bits per heavy atom. The van der Waals surface area contributed by atoms with Crippen molar-refractivity contribution in [3.63, 3.8) is 0 Å². The number of nitrogens with one attached hydrogen (secondary N) is 1. The van der Waals surface area contributed by atoms with Gasteiger partial charge >= 0.3 is 0 Å². The molecular formula is C33H38N2O4S. The van der Waals surface area contributed by atoms with Crippen molar-refractivity contribution in [3.05, 3.63) is 80.4 Å². The Bertz CT molecular complexity index is 1830. The highest BCUT2D eigenvalue weighted by atomic mass is 32.2. The molecule has 40 heavy (non-hydrogen) atoms. The van der Waals surface area contributed by atoms with Crippen molar-refractivity contribution < 1.29 is 17.7 Å². The van der Waals surface area contributed by atoms with Gasteiger partial charge in [0.05, 0.1) is 17.1 Å². The molecule has 0 radical (unpaired) electrons. The van der Waals surface area contributed by atoms with Crippen molar-refractivity contribution in [3.8, 4) is 11.5 Å². The van der Waals surface area contributed by atoms with Gasteiger partial charge in [-0.2, -0.15) is 8.42 Å². The van der Waals surface area contributed by atoms with E-state index in [0.29, 0.717) is 22.9 Å². The lowest BCUT2D eigenvalue weighted by Gasteiger charge is -2.29. The van der Waals surface area contributed by atoms with Gasteiger partial charge in [-0.25, -0.2) is 0 Å². The Hall–Kier alpha value is -3.16. The Morgan fingerprint density at radius 1 is 0.975 bits per heavy atom. The van der Waals surface area contributed by atoms with Gasteiger partial charge in [0.2, 0.25) is 0 Å². The third-order valence-corrected chi connectivity index (χ3v) is 10.7. The van der Waals surface area contributed by atoms with Crippen LogP contribution >= 0.6 is 0 Å². The van der Waals surface area contributed by atoms with E-state index in [1.807, 2.05) is 13.8 Å². The molecule has 0 saturated carbocycles. The van der Waals surface area contributed by atoms with Crippen molar-refractivity contribution in [2.24, 2.45) is 4.99 Å². The first-order chi connectivity index (χ1) is 18.5. The molecule has 3 aliphatic heterocycles. The molecule has 7 heteroatoms. The predicted octanol–water partition coefficient (Wildman–Crippen LogP) is 6.11. The van der Waals surface area contributed by atoms with E-state index in [9.17, 15) is 13.0 Å². The molecule has 2 N–H and O–H groups in total. The lowest BCUT2D eigenvalue weighted by atomic mass is 9.78. The van der Waals surface area contributed by atoms with Crippen molar-refractivity contribution in [2.75, 3.05) is 5.32 Å². The number of rotatable bonds is 3. The van der Waals surface area contributed by atoms with E-state index in [0.717, 1.165) is 38.4 Å². The van der Waals surface area contributed by atoms with E-state index in [4.69, 9.17) is 9.73 Å². The van der Waals surface area contributed by atoms with Gasteiger partial charge in [0, 0.05) is 38.8 Å². The largest absolute Gasteiger partial charge is 0.454 e. The number of nitrogens with zero attached hydrogens (tertiary/aromatic N) is 1. The number of ether oxygens (including phenoxy) is 1. The molecule has 2 atom stereocenters. The second kappa shape index (κ2) is 8.43. The van der Waals surface area contributed by atoms with Crippen molar-refractivity contribution in [1.82, 2.24) is 0 Å². The molecule has 0 spiro atoms. The van der Waals surface area contributed by atoms with Crippen LogP contribution in [0.4, 0.5) is 5.69 Å². The third kappa shape index (κ3) is 3.63. The molecule has 3 aromatic carbocycles. The lowest BCUT2D eigenvalue weighted by molar-refractivity contribution is 0.439. The van der Waals surface area contributed by atoms with E-state index < -0.39 is 10.1 Å². The highest BCUT2D eigenvalue weighted by molar-refractivity contribution is 7.86. The molecule has 0 saturated heterocycles. The summed E-state index contributed by atoms with van der Waals surface area (Å²) in [6.07, 6.45) is 0. The fourth-order valence-corrected chi connectivity index (χ4v) is 7.21. The van der Waals surface area contributed by atoms with Crippen LogP contribution in [0.15, 0.2) is 46.3 Å². The maximum Gasteiger partial charge on any atom is 0.300 e. The number of fused-ring (bicyclic) bond motifs is 4. The predicted molar refractivity (Wildman–Crippen MR) is 159 cm³/mol. The molecule has 0 fully saturated rings. The van der Waals surface area contributed by atoms with Crippen molar-refractivity contribution in [2.45, 2.75) is 96.0 Å². The zero-order valence-corrected chi connectivity index (χ0v) is 25.5. The molecule has 6 nitrogen and oxygen atoms in total. The normalized spacial score (nSPS) is 21.6. The lowest BCUT2D eigenvalue weighted by Crippen LogP contribution is -2.32. The van der Waals surface area contributed by atoms with Gasteiger partial charge in [-0.1, -0.05) is 65.8 Å². The molecule has 3 heterocycles. The molecular weight excluding hydrogens is 520 g/mol. The maximum atomic E-state index is 13.1. The highest BCUT2D eigenvalue weighted by Crippen LogP contribution is 2.52. The van der Waals surface area contributed by atoms with Gasteiger partial charge in [-0.15, -0.1) is 0 Å². The zero-order chi connectivity index (χ0) is 29.1. The van der Waals surface area contributed by atoms with E-state index in [1.165, 1.54) is 5.56 Å². The Morgan fingerprint density at radius 3 is 2.23 bits per heavy atom. The summed E-state index contributed by atoms with van der Waals surface area (Å²) >= 11 is 0. The summed E-state index contributed by atoms with van der Waals surface area (Å²) in [6, 6.07) is 12.8. The molecule has 3 aromatic rings. The molecule has 6 rings (SSSR count). The zero-order valence-electron chi connectivity index (χ0n) is 24.7. The van der Waals surface area contributed by atoms with Gasteiger partial charge in [-0.3, -0.25) is 9.55 Å². The summed E-state index contributed by atoms with van der Waals surface area (Å²) in [5, 5.41) is 5.15. The van der Waals surface area contributed by atoms with Gasteiger partial charge in [-0.05, 0) is 61.1 Å². The molecule has 0 aliphatic carbocycles. The second-order valence-electron chi connectivity index (χ2n) is 13.1. The number of anilines is 1. The molecule has 0 aromatic heterocycles. The molecule has 210 valence electrons. The summed E-state index contributed by atoms with van der Waals surface area (Å²) in [7, 11) is -4.65. The summed E-state index contributed by atoms with van der Waals surface area (Å²) in [4.78, 5) is 4.78. The van der Waals surface area contributed by atoms with E-state index in [2.05, 4.69) is 90.2 Å². The summed E-state index contributed by atoms with van der Waals surface area (Å²) < 4.78 is 43.3. The van der Waals surface area contributed by atoms with Gasteiger partial charge in [0.15, 0.2) is 10.6 Å². The van der Waals surface area contributed by atoms with Crippen LogP contribution in [0.1, 0.15) is 94.7 Å². The van der Waals surface area contributed by atoms with E-state index in [1.54, 1.807) is 0 Å². The second-order valence-corrected chi connectivity index (χ2v) is 14.5. The quantitative estimate of drug-likeness (QED) is 0.296. The van der Waals surface area contributed by atoms with Crippen LogP contribution in [0, 0.1) is 6.92 Å². The van der Waals surface area contributed by atoms with Gasteiger partial charge in [0.1, 0.15) is 5.75 Å². The minimum atomic E-state index is -4.65. The minimum Gasteiger partial charge on any atom is -0.454 e. The van der Waals surface area contributed by atoms with Gasteiger partial charge in [0.25, 0.3) is 10.1 Å². The minimum absolute atomic E-state index is 0.0466. The van der Waals surface area contributed by atoms with Crippen LogP contribution in [0.25, 0.3) is 5.57 Å². The van der Waals surface area contributed by atoms with Crippen LogP contribution in [-0.4, -0.2) is 25.1 Å². The first-order valence-electron chi connectivity index (χ1n) is 14.1. The number of hydrogen-bond acceptors (Lipinski definition) is 5. The van der Waals surface area contributed by atoms with Crippen molar-refractivity contribution in [1.29, 1.82) is 0 Å². The standard InChI is InChI=1S/C33H38N2O4S/c1-16(2)20-10-12-21(13-11-20)26-22-14-24-27(34-18(4)32(24,6)7)17(3)29(22)39-30-23(26)15-25-28(31(30)40(36,37)38)35-19(5)33(25,8)9/h10-16,18-19,35H,1-9H3,(H,36,37,38). The van der Waals surface area contributed by atoms with Gasteiger partial charge < -0.3 is 10.1 Å². The molecule has 3 aliphatic rings. The Labute approximate surface area is 236 Å². The Kier molecular flexibility index (Phi) is 5.70. The maximum absolute atomic E-state index is 13.1. The first kappa shape index (κ1) is 27.0. The van der Waals surface area contributed by atoms with Crippen LogP contribution in [0.2, 0.25) is 0 Å². The summed E-state index contributed by atoms with van der Waals surface area (Å²) in [6.45, 7) is 19.1. The van der Waals surface area contributed by atoms with E-state index in [-0.39, 0.29) is 33.6 Å². The average Bonchev–Trinajstić information content (AvgIpc) is 3.23. The number of hydrogen-bond donors (Lipinski definition) is 2. The fraction of sp³-hybridized carbons (Fsp3) is 0.424. The van der Waals surface area contributed by atoms with Crippen LogP contribution in [0.3, 0.4) is 0 Å². The third-order valence-electron chi connectivity index (χ3n) is 9.79. The number of benzene rings is 3. The van der Waals surface area contributed by atoms with Crippen molar-refractivity contribution >= 4 is 21.4 Å².